The molecular formula is C16H21N3O3. The summed E-state index contributed by atoms with van der Waals surface area (Å²) < 4.78 is 5.23. The number of aryl methyl sites for hydroxylation is 1. The molecule has 1 saturated heterocycles. The third-order valence-electron chi connectivity index (χ3n) is 4.03. The van der Waals surface area contributed by atoms with Crippen LogP contribution in [-0.4, -0.2) is 48.1 Å². The minimum absolute atomic E-state index is 0.0508. The lowest BCUT2D eigenvalue weighted by Crippen LogP contribution is -2.39. The average Bonchev–Trinajstić information content (AvgIpc) is 3.26. The Morgan fingerprint density at radius 1 is 1.36 bits per heavy atom. The molecule has 1 saturated carbocycles. The number of ether oxygens (including phenoxy) is 1. The van der Waals surface area contributed by atoms with Crippen LogP contribution in [0.25, 0.3) is 0 Å². The number of amides is 3. The number of hydrogen-bond acceptors (Lipinski definition) is 3. The van der Waals surface area contributed by atoms with Crippen molar-refractivity contribution in [2.24, 2.45) is 0 Å². The van der Waals surface area contributed by atoms with E-state index >= 15 is 0 Å². The highest BCUT2D eigenvalue weighted by Gasteiger charge is 2.39. The van der Waals surface area contributed by atoms with Gasteiger partial charge < -0.3 is 15.0 Å². The van der Waals surface area contributed by atoms with Gasteiger partial charge in [0.25, 0.3) is 0 Å². The molecule has 0 atom stereocenters. The zero-order valence-electron chi connectivity index (χ0n) is 13.0. The third-order valence-corrected chi connectivity index (χ3v) is 4.03. The first-order valence-corrected chi connectivity index (χ1v) is 7.53. The molecule has 1 aliphatic heterocycles. The summed E-state index contributed by atoms with van der Waals surface area (Å²) >= 11 is 0. The van der Waals surface area contributed by atoms with E-state index < -0.39 is 0 Å². The molecule has 0 aromatic heterocycles. The van der Waals surface area contributed by atoms with Gasteiger partial charge in [0.05, 0.1) is 13.8 Å². The lowest BCUT2D eigenvalue weighted by molar-refractivity contribution is -0.127. The Labute approximate surface area is 130 Å². The van der Waals surface area contributed by atoms with Crippen LogP contribution in [0.1, 0.15) is 24.0 Å². The molecule has 6 nitrogen and oxygen atoms in total. The molecule has 1 heterocycles. The summed E-state index contributed by atoms with van der Waals surface area (Å²) in [5.41, 5.74) is 2.06. The van der Waals surface area contributed by atoms with E-state index in [4.69, 9.17) is 4.74 Å². The summed E-state index contributed by atoms with van der Waals surface area (Å²) in [5.74, 6) is 0.829. The number of rotatable bonds is 4. The topological polar surface area (TPSA) is 61.9 Å². The Balaban J connectivity index is 1.56. The maximum Gasteiger partial charge on any atom is 0.319 e. The molecule has 0 bridgehead atoms. The van der Waals surface area contributed by atoms with E-state index in [0.29, 0.717) is 19.3 Å². The van der Waals surface area contributed by atoms with Crippen LogP contribution in [0.4, 0.5) is 4.79 Å². The summed E-state index contributed by atoms with van der Waals surface area (Å²) in [4.78, 5) is 27.4. The Kier molecular flexibility index (Phi) is 3.92. The van der Waals surface area contributed by atoms with Crippen LogP contribution in [0, 0.1) is 6.92 Å². The van der Waals surface area contributed by atoms with Gasteiger partial charge in [-0.25, -0.2) is 4.79 Å². The van der Waals surface area contributed by atoms with Gasteiger partial charge in [-0.15, -0.1) is 0 Å². The summed E-state index contributed by atoms with van der Waals surface area (Å²) in [6.45, 7) is 3.00. The van der Waals surface area contributed by atoms with Gasteiger partial charge in [0, 0.05) is 12.6 Å². The largest absolute Gasteiger partial charge is 0.497 e. The van der Waals surface area contributed by atoms with Crippen molar-refractivity contribution in [3.8, 4) is 5.75 Å². The number of carbonyl (C=O) groups is 2. The van der Waals surface area contributed by atoms with E-state index in [-0.39, 0.29) is 18.5 Å². The standard InChI is InChI=1S/C16H21N3O3/c1-11-5-12(7-14(6-11)22-2)8-17-16(21)18-9-15(20)19(10-18)13-3-4-13/h5-7,13H,3-4,8-10H2,1-2H3,(H,17,21). The van der Waals surface area contributed by atoms with Gasteiger partial charge in [0.2, 0.25) is 5.91 Å². The lowest BCUT2D eigenvalue weighted by Gasteiger charge is -2.18. The van der Waals surface area contributed by atoms with Crippen LogP contribution in [0.3, 0.4) is 0 Å². The predicted molar refractivity (Wildman–Crippen MR) is 81.4 cm³/mol. The van der Waals surface area contributed by atoms with Crippen LogP contribution in [-0.2, 0) is 11.3 Å². The van der Waals surface area contributed by atoms with E-state index in [2.05, 4.69) is 5.32 Å². The average molecular weight is 303 g/mol. The summed E-state index contributed by atoms with van der Waals surface area (Å²) in [6.07, 6.45) is 2.12. The molecule has 118 valence electrons. The van der Waals surface area contributed by atoms with Crippen LogP contribution >= 0.6 is 0 Å². The minimum atomic E-state index is -0.197. The molecule has 1 aromatic rings. The molecule has 2 fully saturated rings. The SMILES string of the molecule is COc1cc(C)cc(CNC(=O)N2CC(=O)N(C3CC3)C2)c1. The van der Waals surface area contributed by atoms with Gasteiger partial charge in [-0.05, 0) is 43.0 Å². The predicted octanol–water partition coefficient (Wildman–Crippen LogP) is 1.48. The second-order valence-electron chi connectivity index (χ2n) is 5.95. The molecule has 1 aromatic carbocycles. The van der Waals surface area contributed by atoms with E-state index in [1.807, 2.05) is 25.1 Å². The number of nitrogens with zero attached hydrogens (tertiary/aromatic N) is 2. The minimum Gasteiger partial charge on any atom is -0.497 e. The number of methoxy groups -OCH3 is 1. The smallest absolute Gasteiger partial charge is 0.319 e. The molecule has 3 amide bonds. The molecular weight excluding hydrogens is 282 g/mol. The van der Waals surface area contributed by atoms with Crippen molar-refractivity contribution in [3.05, 3.63) is 29.3 Å². The normalized spacial score (nSPS) is 17.8. The van der Waals surface area contributed by atoms with E-state index in [9.17, 15) is 9.59 Å². The Hall–Kier alpha value is -2.24. The second kappa shape index (κ2) is 5.87. The highest BCUT2D eigenvalue weighted by molar-refractivity contribution is 5.87. The first kappa shape index (κ1) is 14.7. The third kappa shape index (κ3) is 3.16. The van der Waals surface area contributed by atoms with Crippen LogP contribution in [0.2, 0.25) is 0 Å². The number of benzene rings is 1. The van der Waals surface area contributed by atoms with Crippen molar-refractivity contribution in [1.82, 2.24) is 15.1 Å². The summed E-state index contributed by atoms with van der Waals surface area (Å²) in [5, 5.41) is 2.87. The second-order valence-corrected chi connectivity index (χ2v) is 5.95. The highest BCUT2D eigenvalue weighted by Crippen LogP contribution is 2.29. The number of urea groups is 1. The van der Waals surface area contributed by atoms with Crippen molar-refractivity contribution in [2.75, 3.05) is 20.3 Å². The van der Waals surface area contributed by atoms with Gasteiger partial charge in [0.1, 0.15) is 12.3 Å². The quantitative estimate of drug-likeness (QED) is 0.916. The Morgan fingerprint density at radius 3 is 2.82 bits per heavy atom. The fourth-order valence-electron chi connectivity index (χ4n) is 2.74. The maximum absolute atomic E-state index is 12.2. The fourth-order valence-corrected chi connectivity index (χ4v) is 2.74. The number of hydrogen-bond donors (Lipinski definition) is 1. The fraction of sp³-hybridized carbons (Fsp3) is 0.500. The van der Waals surface area contributed by atoms with Crippen molar-refractivity contribution >= 4 is 11.9 Å². The van der Waals surface area contributed by atoms with Gasteiger partial charge in [-0.3, -0.25) is 9.69 Å². The summed E-state index contributed by atoms with van der Waals surface area (Å²) in [7, 11) is 1.62. The molecule has 0 unspecified atom stereocenters. The van der Waals surface area contributed by atoms with Gasteiger partial charge >= 0.3 is 6.03 Å². The monoisotopic (exact) mass is 303 g/mol. The van der Waals surface area contributed by atoms with E-state index in [1.165, 1.54) is 0 Å². The van der Waals surface area contributed by atoms with Crippen molar-refractivity contribution in [3.63, 3.8) is 0 Å². The maximum atomic E-state index is 12.2. The molecule has 0 spiro atoms. The number of carbonyl (C=O) groups excluding carboxylic acids is 2. The van der Waals surface area contributed by atoms with Crippen LogP contribution in [0.15, 0.2) is 18.2 Å². The van der Waals surface area contributed by atoms with Crippen molar-refractivity contribution in [1.29, 1.82) is 0 Å². The Bertz CT molecular complexity index is 598. The van der Waals surface area contributed by atoms with Gasteiger partial charge in [-0.1, -0.05) is 6.07 Å². The molecule has 1 aliphatic carbocycles. The van der Waals surface area contributed by atoms with Crippen LogP contribution < -0.4 is 10.1 Å². The zero-order chi connectivity index (χ0) is 15.7. The molecule has 0 radical (unpaired) electrons. The summed E-state index contributed by atoms with van der Waals surface area (Å²) in [6, 6.07) is 6.01. The Morgan fingerprint density at radius 2 is 2.14 bits per heavy atom. The first-order chi connectivity index (χ1) is 10.6. The molecule has 6 heteroatoms. The lowest BCUT2D eigenvalue weighted by atomic mass is 10.1. The molecule has 2 aliphatic rings. The number of nitrogens with one attached hydrogen (secondary N) is 1. The van der Waals surface area contributed by atoms with Crippen molar-refractivity contribution in [2.45, 2.75) is 32.4 Å². The van der Waals surface area contributed by atoms with Crippen molar-refractivity contribution < 1.29 is 14.3 Å². The molecule has 1 N–H and O–H groups in total. The van der Waals surface area contributed by atoms with Crippen LogP contribution in [0.5, 0.6) is 5.75 Å². The van der Waals surface area contributed by atoms with E-state index in [0.717, 1.165) is 29.7 Å². The zero-order valence-corrected chi connectivity index (χ0v) is 13.0. The first-order valence-electron chi connectivity index (χ1n) is 7.53. The van der Waals surface area contributed by atoms with E-state index in [1.54, 1.807) is 16.9 Å². The van der Waals surface area contributed by atoms with Gasteiger partial charge in [-0.2, -0.15) is 0 Å². The highest BCUT2D eigenvalue weighted by atomic mass is 16.5. The molecule has 22 heavy (non-hydrogen) atoms. The molecule has 3 rings (SSSR count). The van der Waals surface area contributed by atoms with Gasteiger partial charge in [0.15, 0.2) is 0 Å².